The highest BCUT2D eigenvalue weighted by Crippen LogP contribution is 2.64. The molecule has 0 aliphatic heterocycles. The first-order valence-electron chi connectivity index (χ1n) is 8.31. The summed E-state index contributed by atoms with van der Waals surface area (Å²) in [5, 5.41) is 3.00. The van der Waals surface area contributed by atoms with Crippen LogP contribution in [0.15, 0.2) is 30.6 Å². The lowest BCUT2D eigenvalue weighted by Crippen LogP contribution is -2.39. The highest BCUT2D eigenvalue weighted by Gasteiger charge is 2.67. The van der Waals surface area contributed by atoms with E-state index < -0.39 is 5.41 Å². The Hall–Kier alpha value is -2.17. The first-order valence-corrected chi connectivity index (χ1v) is 8.31. The van der Waals surface area contributed by atoms with E-state index in [4.69, 9.17) is 0 Å². The van der Waals surface area contributed by atoms with E-state index in [0.717, 1.165) is 11.4 Å². The lowest BCUT2D eigenvalue weighted by Gasteiger charge is -2.21. The van der Waals surface area contributed by atoms with Crippen LogP contribution in [0.2, 0.25) is 0 Å². The minimum absolute atomic E-state index is 0.0907. The van der Waals surface area contributed by atoms with E-state index in [1.54, 1.807) is 24.5 Å². The molecule has 1 atom stereocenters. The van der Waals surface area contributed by atoms with Crippen molar-refractivity contribution in [3.05, 3.63) is 53.4 Å². The molecule has 1 heterocycles. The zero-order valence-electron chi connectivity index (χ0n) is 14.7. The lowest BCUT2D eigenvalue weighted by molar-refractivity contribution is -0.124. The Morgan fingerprint density at radius 2 is 2.00 bits per heavy atom. The van der Waals surface area contributed by atoms with E-state index in [2.05, 4.69) is 10.3 Å². The summed E-state index contributed by atoms with van der Waals surface area (Å²) in [4.78, 5) is 17.1. The van der Waals surface area contributed by atoms with E-state index >= 15 is 0 Å². The number of hydrogen-bond acceptors (Lipinski definition) is 2. The largest absolute Gasteiger partial charge is 0.354 e. The maximum Gasteiger partial charge on any atom is 0.231 e. The second-order valence-electron chi connectivity index (χ2n) is 7.31. The lowest BCUT2D eigenvalue weighted by atomic mass is 9.86. The normalized spacial score (nSPS) is 21.5. The van der Waals surface area contributed by atoms with Crippen LogP contribution < -0.4 is 5.32 Å². The molecule has 24 heavy (non-hydrogen) atoms. The molecule has 1 aromatic heterocycles. The minimum atomic E-state index is -0.766. The Balaban J connectivity index is 1.73. The van der Waals surface area contributed by atoms with Crippen molar-refractivity contribution in [2.45, 2.75) is 46.1 Å². The molecule has 128 valence electrons. The Morgan fingerprint density at radius 1 is 1.33 bits per heavy atom. The number of hydrogen-bond donors (Lipinski definition) is 1. The first kappa shape index (κ1) is 16.7. The van der Waals surface area contributed by atoms with Crippen molar-refractivity contribution in [1.82, 2.24) is 14.9 Å². The van der Waals surface area contributed by atoms with Crippen LogP contribution in [-0.2, 0) is 16.8 Å². The molecule has 1 aliphatic carbocycles. The number of rotatable bonds is 5. The predicted octanol–water partition coefficient (Wildman–Crippen LogP) is 3.12. The standard InChI is InChI=1S/C19H24FN3O/c1-13-14(2)23(12-22-13)10-9-21-17(24)19(11-18(19,3)4)15-7-5-6-8-16(15)20/h5-8,12H,9-11H2,1-4H3,(H,21,24)/t19-/m1/s1. The molecule has 5 heteroatoms. The fourth-order valence-corrected chi connectivity index (χ4v) is 3.61. The van der Waals surface area contributed by atoms with Crippen molar-refractivity contribution < 1.29 is 9.18 Å². The molecular formula is C19H24FN3O. The van der Waals surface area contributed by atoms with Gasteiger partial charge in [0.15, 0.2) is 0 Å². The summed E-state index contributed by atoms with van der Waals surface area (Å²) in [5.74, 6) is -0.397. The van der Waals surface area contributed by atoms with E-state index in [9.17, 15) is 9.18 Å². The Morgan fingerprint density at radius 3 is 2.54 bits per heavy atom. The van der Waals surface area contributed by atoms with Gasteiger partial charge in [-0.3, -0.25) is 4.79 Å². The third-order valence-corrected chi connectivity index (χ3v) is 5.44. The molecule has 1 fully saturated rings. The van der Waals surface area contributed by atoms with Crippen LogP contribution in [0.25, 0.3) is 0 Å². The van der Waals surface area contributed by atoms with E-state index in [1.165, 1.54) is 6.07 Å². The molecule has 1 N–H and O–H groups in total. The van der Waals surface area contributed by atoms with Gasteiger partial charge in [-0.05, 0) is 31.7 Å². The van der Waals surface area contributed by atoms with Crippen LogP contribution >= 0.6 is 0 Å². The molecule has 0 spiro atoms. The van der Waals surface area contributed by atoms with Gasteiger partial charge in [0.05, 0.1) is 17.4 Å². The fourth-order valence-electron chi connectivity index (χ4n) is 3.61. The van der Waals surface area contributed by atoms with Crippen LogP contribution in [0.1, 0.15) is 37.2 Å². The van der Waals surface area contributed by atoms with E-state index in [1.807, 2.05) is 32.3 Å². The topological polar surface area (TPSA) is 46.9 Å². The smallest absolute Gasteiger partial charge is 0.231 e. The van der Waals surface area contributed by atoms with Crippen LogP contribution in [0.5, 0.6) is 0 Å². The molecule has 2 aromatic rings. The third kappa shape index (κ3) is 2.52. The maximum atomic E-state index is 14.3. The van der Waals surface area contributed by atoms with E-state index in [0.29, 0.717) is 25.1 Å². The molecule has 0 radical (unpaired) electrons. The number of benzene rings is 1. The third-order valence-electron chi connectivity index (χ3n) is 5.44. The summed E-state index contributed by atoms with van der Waals surface area (Å²) < 4.78 is 16.3. The quantitative estimate of drug-likeness (QED) is 0.916. The summed E-state index contributed by atoms with van der Waals surface area (Å²) in [6.45, 7) is 9.16. The van der Waals surface area contributed by atoms with Crippen molar-refractivity contribution in [3.63, 3.8) is 0 Å². The van der Waals surface area contributed by atoms with Crippen LogP contribution in [0, 0.1) is 25.1 Å². The van der Waals surface area contributed by atoms with Crippen LogP contribution in [0.4, 0.5) is 4.39 Å². The van der Waals surface area contributed by atoms with Gasteiger partial charge in [0, 0.05) is 24.3 Å². The number of halogens is 1. The number of aryl methyl sites for hydroxylation is 1. The van der Waals surface area contributed by atoms with Crippen molar-refractivity contribution >= 4 is 5.91 Å². The highest BCUT2D eigenvalue weighted by molar-refractivity contribution is 5.93. The summed E-state index contributed by atoms with van der Waals surface area (Å²) >= 11 is 0. The van der Waals surface area contributed by atoms with Crippen molar-refractivity contribution in [3.8, 4) is 0 Å². The Labute approximate surface area is 142 Å². The molecule has 1 saturated carbocycles. The van der Waals surface area contributed by atoms with Gasteiger partial charge in [-0.25, -0.2) is 9.37 Å². The molecular weight excluding hydrogens is 305 g/mol. The minimum Gasteiger partial charge on any atom is -0.354 e. The monoisotopic (exact) mass is 329 g/mol. The van der Waals surface area contributed by atoms with Gasteiger partial charge in [-0.1, -0.05) is 32.0 Å². The zero-order valence-corrected chi connectivity index (χ0v) is 14.7. The highest BCUT2D eigenvalue weighted by atomic mass is 19.1. The molecule has 4 nitrogen and oxygen atoms in total. The first-order chi connectivity index (χ1) is 11.3. The van der Waals surface area contributed by atoms with Crippen LogP contribution in [-0.4, -0.2) is 22.0 Å². The summed E-state index contributed by atoms with van der Waals surface area (Å²) in [5.41, 5.74) is 1.59. The fraction of sp³-hybridized carbons (Fsp3) is 0.474. The maximum absolute atomic E-state index is 14.3. The average molecular weight is 329 g/mol. The molecule has 3 rings (SSSR count). The molecule has 0 saturated heterocycles. The predicted molar refractivity (Wildman–Crippen MR) is 91.2 cm³/mol. The summed E-state index contributed by atoms with van der Waals surface area (Å²) in [7, 11) is 0. The zero-order chi connectivity index (χ0) is 17.5. The van der Waals surface area contributed by atoms with Gasteiger partial charge in [-0.2, -0.15) is 0 Å². The second-order valence-corrected chi connectivity index (χ2v) is 7.31. The number of imidazole rings is 1. The number of carbonyl (C=O) groups is 1. The van der Waals surface area contributed by atoms with Crippen molar-refractivity contribution in [1.29, 1.82) is 0 Å². The second kappa shape index (κ2) is 5.72. The number of aromatic nitrogens is 2. The average Bonchev–Trinajstić information content (AvgIpc) is 2.99. The van der Waals surface area contributed by atoms with Crippen LogP contribution in [0.3, 0.4) is 0 Å². The Bertz CT molecular complexity index is 781. The number of nitrogens with one attached hydrogen (secondary N) is 1. The Kier molecular flexibility index (Phi) is 3.98. The molecule has 1 aliphatic rings. The van der Waals surface area contributed by atoms with Gasteiger partial charge < -0.3 is 9.88 Å². The molecule has 0 bridgehead atoms. The van der Waals surface area contributed by atoms with Gasteiger partial charge in [0.25, 0.3) is 0 Å². The van der Waals surface area contributed by atoms with Crippen molar-refractivity contribution in [2.75, 3.05) is 6.54 Å². The molecule has 1 amide bonds. The summed E-state index contributed by atoms with van der Waals surface area (Å²) in [6.07, 6.45) is 2.44. The number of nitrogens with zero attached hydrogens (tertiary/aromatic N) is 2. The number of carbonyl (C=O) groups excluding carboxylic acids is 1. The molecule has 0 unspecified atom stereocenters. The van der Waals surface area contributed by atoms with Gasteiger partial charge in [-0.15, -0.1) is 0 Å². The molecule has 1 aromatic carbocycles. The van der Waals surface area contributed by atoms with E-state index in [-0.39, 0.29) is 17.1 Å². The van der Waals surface area contributed by atoms with Crippen molar-refractivity contribution in [2.24, 2.45) is 5.41 Å². The SMILES string of the molecule is Cc1ncn(CCNC(=O)[C@]2(c3ccccc3F)CC2(C)C)c1C. The number of amides is 1. The van der Waals surface area contributed by atoms with Gasteiger partial charge >= 0.3 is 0 Å². The van der Waals surface area contributed by atoms with Gasteiger partial charge in [0.2, 0.25) is 5.91 Å². The summed E-state index contributed by atoms with van der Waals surface area (Å²) in [6, 6.07) is 6.60. The van der Waals surface area contributed by atoms with Gasteiger partial charge in [0.1, 0.15) is 5.82 Å².